The topological polar surface area (TPSA) is 76.2 Å². The van der Waals surface area contributed by atoms with Gasteiger partial charge in [0.1, 0.15) is 11.4 Å². The molecule has 1 aromatic carbocycles. The standard InChI is InChI=1S/C24H33N5O/c1-16-8-10-19(11-9-16)14-28-13-17(2)22(15-28)18(3)27-24(30)21-12-26-29(23(21)25)20-6-4-5-7-20/h8-12,17,20,22H,3-7,13-15,25H2,1-2H3,(H,27,30)/t17-,22-/m1/s1. The van der Waals surface area contributed by atoms with Gasteiger partial charge in [-0.1, -0.05) is 56.2 Å². The summed E-state index contributed by atoms with van der Waals surface area (Å²) in [7, 11) is 0. The summed E-state index contributed by atoms with van der Waals surface area (Å²) in [4.78, 5) is 15.3. The molecule has 0 bridgehead atoms. The average Bonchev–Trinajstić information content (AvgIpc) is 3.43. The number of hydrogen-bond acceptors (Lipinski definition) is 4. The van der Waals surface area contributed by atoms with Crippen LogP contribution in [-0.4, -0.2) is 33.7 Å². The van der Waals surface area contributed by atoms with Gasteiger partial charge in [0.05, 0.1) is 12.2 Å². The summed E-state index contributed by atoms with van der Waals surface area (Å²) >= 11 is 0. The number of hydrogen-bond donors (Lipinski definition) is 2. The van der Waals surface area contributed by atoms with E-state index in [2.05, 4.69) is 60.0 Å². The van der Waals surface area contributed by atoms with E-state index in [4.69, 9.17) is 5.73 Å². The molecule has 3 N–H and O–H groups in total. The molecule has 4 rings (SSSR count). The molecule has 1 aromatic heterocycles. The second kappa shape index (κ2) is 8.64. The summed E-state index contributed by atoms with van der Waals surface area (Å²) < 4.78 is 1.83. The number of carbonyl (C=O) groups excluding carboxylic acids is 1. The average molecular weight is 408 g/mol. The van der Waals surface area contributed by atoms with Gasteiger partial charge in [-0.25, -0.2) is 4.68 Å². The Labute approximate surface area is 179 Å². The van der Waals surface area contributed by atoms with E-state index in [1.165, 1.54) is 24.0 Å². The maximum Gasteiger partial charge on any atom is 0.260 e. The number of rotatable bonds is 6. The number of nitrogens with one attached hydrogen (secondary N) is 1. The van der Waals surface area contributed by atoms with Crippen LogP contribution in [0.4, 0.5) is 5.82 Å². The largest absolute Gasteiger partial charge is 0.383 e. The second-order valence-corrected chi connectivity index (χ2v) is 9.07. The highest BCUT2D eigenvalue weighted by atomic mass is 16.1. The zero-order valence-corrected chi connectivity index (χ0v) is 18.1. The van der Waals surface area contributed by atoms with E-state index in [9.17, 15) is 4.79 Å². The molecule has 2 atom stereocenters. The second-order valence-electron chi connectivity index (χ2n) is 9.07. The van der Waals surface area contributed by atoms with Crippen LogP contribution in [0.2, 0.25) is 0 Å². The molecule has 1 aliphatic heterocycles. The summed E-state index contributed by atoms with van der Waals surface area (Å²) in [5, 5.41) is 7.41. The van der Waals surface area contributed by atoms with Crippen molar-refractivity contribution in [2.24, 2.45) is 11.8 Å². The first-order valence-corrected chi connectivity index (χ1v) is 11.0. The SMILES string of the molecule is C=C(NC(=O)c1cnn(C2CCCC2)c1N)[C@@H]1CN(Cc2ccc(C)cc2)C[C@H]1C. The molecule has 160 valence electrons. The first-order valence-electron chi connectivity index (χ1n) is 11.0. The lowest BCUT2D eigenvalue weighted by Gasteiger charge is -2.19. The van der Waals surface area contributed by atoms with E-state index in [0.717, 1.165) is 38.2 Å². The quantitative estimate of drug-likeness (QED) is 0.761. The molecule has 2 fully saturated rings. The van der Waals surface area contributed by atoms with E-state index >= 15 is 0 Å². The highest BCUT2D eigenvalue weighted by molar-refractivity contribution is 5.99. The van der Waals surface area contributed by atoms with Crippen molar-refractivity contribution in [3.8, 4) is 0 Å². The lowest BCUT2D eigenvalue weighted by molar-refractivity contribution is 0.0961. The number of aryl methyl sites for hydroxylation is 1. The van der Waals surface area contributed by atoms with Gasteiger partial charge in [0.2, 0.25) is 0 Å². The maximum atomic E-state index is 12.9. The molecule has 2 heterocycles. The summed E-state index contributed by atoms with van der Waals surface area (Å²) in [6.07, 6.45) is 6.14. The first-order chi connectivity index (χ1) is 14.4. The van der Waals surface area contributed by atoms with Gasteiger partial charge in [-0.3, -0.25) is 9.69 Å². The molecule has 1 aliphatic carbocycles. The van der Waals surface area contributed by atoms with Crippen molar-refractivity contribution >= 4 is 11.7 Å². The van der Waals surface area contributed by atoms with Crippen molar-refractivity contribution in [1.29, 1.82) is 0 Å². The van der Waals surface area contributed by atoms with Crippen molar-refractivity contribution in [2.75, 3.05) is 18.8 Å². The fourth-order valence-electron chi connectivity index (χ4n) is 4.89. The number of nitrogens with zero attached hydrogens (tertiary/aromatic N) is 3. The van der Waals surface area contributed by atoms with E-state index in [0.29, 0.717) is 23.3 Å². The van der Waals surface area contributed by atoms with Gasteiger partial charge in [-0.15, -0.1) is 0 Å². The molecule has 2 aliphatic rings. The minimum Gasteiger partial charge on any atom is -0.383 e. The predicted octanol–water partition coefficient (Wildman–Crippen LogP) is 3.90. The molecule has 1 saturated carbocycles. The number of amides is 1. The predicted molar refractivity (Wildman–Crippen MR) is 120 cm³/mol. The van der Waals surface area contributed by atoms with Crippen LogP contribution in [0, 0.1) is 18.8 Å². The molecule has 0 unspecified atom stereocenters. The maximum absolute atomic E-state index is 12.9. The fourth-order valence-corrected chi connectivity index (χ4v) is 4.89. The third-order valence-electron chi connectivity index (χ3n) is 6.69. The Hall–Kier alpha value is -2.60. The highest BCUT2D eigenvalue weighted by Crippen LogP contribution is 2.32. The van der Waals surface area contributed by atoms with Crippen LogP contribution in [0.25, 0.3) is 0 Å². The van der Waals surface area contributed by atoms with Crippen LogP contribution in [0.3, 0.4) is 0 Å². The summed E-state index contributed by atoms with van der Waals surface area (Å²) in [6, 6.07) is 9.01. The zero-order chi connectivity index (χ0) is 21.3. The Morgan fingerprint density at radius 1 is 1.23 bits per heavy atom. The molecule has 30 heavy (non-hydrogen) atoms. The molecular weight excluding hydrogens is 374 g/mol. The van der Waals surface area contributed by atoms with Crippen molar-refractivity contribution in [3.63, 3.8) is 0 Å². The minimum absolute atomic E-state index is 0.203. The number of nitrogen functional groups attached to an aromatic ring is 1. The van der Waals surface area contributed by atoms with Crippen molar-refractivity contribution < 1.29 is 4.79 Å². The number of anilines is 1. The van der Waals surface area contributed by atoms with Crippen LogP contribution in [0.5, 0.6) is 0 Å². The van der Waals surface area contributed by atoms with Gasteiger partial charge in [-0.05, 0) is 31.2 Å². The van der Waals surface area contributed by atoms with Gasteiger partial charge in [0.15, 0.2) is 0 Å². The molecule has 1 saturated heterocycles. The molecule has 2 aromatic rings. The number of aromatic nitrogens is 2. The Morgan fingerprint density at radius 3 is 2.63 bits per heavy atom. The number of nitrogens with two attached hydrogens (primary N) is 1. The van der Waals surface area contributed by atoms with Crippen molar-refractivity contribution in [3.05, 3.63) is 59.4 Å². The first kappa shape index (κ1) is 20.7. The molecule has 6 heteroatoms. The Balaban J connectivity index is 1.36. The van der Waals surface area contributed by atoms with E-state index in [1.54, 1.807) is 6.20 Å². The van der Waals surface area contributed by atoms with E-state index < -0.39 is 0 Å². The van der Waals surface area contributed by atoms with Gasteiger partial charge in [-0.2, -0.15) is 5.10 Å². The van der Waals surface area contributed by atoms with Crippen molar-refractivity contribution in [1.82, 2.24) is 20.0 Å². The van der Waals surface area contributed by atoms with Gasteiger partial charge >= 0.3 is 0 Å². The number of likely N-dealkylation sites (tertiary alicyclic amines) is 1. The summed E-state index contributed by atoms with van der Waals surface area (Å²) in [6.45, 7) is 11.3. The summed E-state index contributed by atoms with van der Waals surface area (Å²) in [5.74, 6) is 0.922. The van der Waals surface area contributed by atoms with Gasteiger partial charge in [0, 0.05) is 31.2 Å². The molecule has 1 amide bonds. The van der Waals surface area contributed by atoms with Crippen molar-refractivity contribution in [2.45, 2.75) is 52.1 Å². The van der Waals surface area contributed by atoms with Gasteiger partial charge in [0.25, 0.3) is 5.91 Å². The molecule has 0 radical (unpaired) electrons. The lowest BCUT2D eigenvalue weighted by Crippen LogP contribution is -2.30. The van der Waals surface area contributed by atoms with Crippen LogP contribution in [-0.2, 0) is 6.54 Å². The van der Waals surface area contributed by atoms with E-state index in [-0.39, 0.29) is 11.8 Å². The highest BCUT2D eigenvalue weighted by Gasteiger charge is 2.32. The van der Waals surface area contributed by atoms with Crippen LogP contribution >= 0.6 is 0 Å². The number of benzene rings is 1. The third kappa shape index (κ3) is 4.29. The van der Waals surface area contributed by atoms with E-state index in [1.807, 2.05) is 4.68 Å². The lowest BCUT2D eigenvalue weighted by atomic mass is 9.95. The fraction of sp³-hybridized carbons (Fsp3) is 0.500. The normalized spacial score (nSPS) is 22.5. The minimum atomic E-state index is -0.203. The Kier molecular flexibility index (Phi) is 5.95. The van der Waals surface area contributed by atoms with Crippen LogP contribution in [0.15, 0.2) is 42.7 Å². The molecular formula is C24H33N5O. The van der Waals surface area contributed by atoms with Crippen LogP contribution < -0.4 is 11.1 Å². The Morgan fingerprint density at radius 2 is 1.93 bits per heavy atom. The Bertz CT molecular complexity index is 910. The molecule has 0 spiro atoms. The monoisotopic (exact) mass is 407 g/mol. The third-order valence-corrected chi connectivity index (χ3v) is 6.69. The number of carbonyl (C=O) groups is 1. The van der Waals surface area contributed by atoms with Crippen LogP contribution in [0.1, 0.15) is 60.1 Å². The zero-order valence-electron chi connectivity index (χ0n) is 18.1. The summed E-state index contributed by atoms with van der Waals surface area (Å²) in [5.41, 5.74) is 10.1. The molecule has 6 nitrogen and oxygen atoms in total. The smallest absolute Gasteiger partial charge is 0.260 e. The van der Waals surface area contributed by atoms with Gasteiger partial charge < -0.3 is 11.1 Å².